The Labute approximate surface area is 284 Å². The third-order valence-electron chi connectivity index (χ3n) is 9.25. The number of thioether (sulfide) groups is 1. The lowest BCUT2D eigenvalue weighted by Crippen LogP contribution is -2.26. The van der Waals surface area contributed by atoms with E-state index in [1.807, 2.05) is 0 Å². The molecule has 4 heterocycles. The number of nitrogens with one attached hydrogen (secondary N) is 4. The molecule has 0 aliphatic carbocycles. The average Bonchev–Trinajstić information content (AvgIpc) is 3.67. The molecule has 2 aromatic carbocycles. The highest BCUT2D eigenvalue weighted by Crippen LogP contribution is 2.42. The topological polar surface area (TPSA) is 185 Å². The molecule has 0 radical (unpaired) electrons. The van der Waals surface area contributed by atoms with Gasteiger partial charge in [0.05, 0.1) is 11.1 Å². The Bertz CT molecular complexity index is 1960. The van der Waals surface area contributed by atoms with Crippen molar-refractivity contribution in [2.45, 2.75) is 39.5 Å². The molecule has 0 saturated heterocycles. The Morgan fingerprint density at radius 3 is 1.08 bits per heavy atom. The van der Waals surface area contributed by atoms with Crippen LogP contribution in [-0.2, 0) is 38.4 Å². The zero-order chi connectivity index (χ0) is 35.3. The average molecular weight is 679 g/mol. The highest BCUT2D eigenvalue weighted by atomic mass is 32.2. The first kappa shape index (κ1) is 33.2. The molecule has 0 bridgehead atoms. The summed E-state index contributed by atoms with van der Waals surface area (Å²) in [6.45, 7) is 6.15. The third kappa shape index (κ3) is 5.65. The lowest BCUT2D eigenvalue weighted by Gasteiger charge is -2.25. The fraction of sp³-hybridized carbons (Fsp3) is 0.222. The molecule has 8 amide bonds. The summed E-state index contributed by atoms with van der Waals surface area (Å²) < 4.78 is 0. The molecule has 2 atom stereocenters. The molecule has 0 fully saturated rings. The number of carbonyl (C=O) groups excluding carboxylic acids is 8. The normalized spacial score (nSPS) is 19.3. The van der Waals surface area contributed by atoms with Crippen molar-refractivity contribution in [1.82, 2.24) is 21.3 Å². The van der Waals surface area contributed by atoms with Gasteiger partial charge in [0.15, 0.2) is 0 Å². The molecule has 248 valence electrons. The van der Waals surface area contributed by atoms with Crippen LogP contribution in [0.1, 0.15) is 61.8 Å². The second kappa shape index (κ2) is 12.7. The summed E-state index contributed by atoms with van der Waals surface area (Å²) in [5.74, 6) is -5.59. The van der Waals surface area contributed by atoms with Crippen LogP contribution in [0.15, 0.2) is 82.0 Å². The lowest BCUT2D eigenvalue weighted by atomic mass is 9.84. The van der Waals surface area contributed by atoms with E-state index in [4.69, 9.17) is 0 Å². The maximum Gasteiger partial charge on any atom is 0.259 e. The van der Waals surface area contributed by atoms with Crippen LogP contribution in [-0.4, -0.2) is 58.8 Å². The standard InChI is InChI=1S/C36H30N4O8S/c1-15-25(33(45)37-29(15)41)21-11-7-5-9-19(21)23(27-17(3)31(43)39-35(27)47)13-49-14-24(28-18(4)32(44)40-36(28)48)20-10-6-8-12-22(20)26-16(2)30(42)38-34(26)46/h5-12,23-24H,13-14H2,1-4H3,(H,37,41,45)(H,38,42,46)(H,39,43,47)(H,40,44,48). The van der Waals surface area contributed by atoms with Gasteiger partial charge in [-0.2, -0.15) is 11.8 Å². The summed E-state index contributed by atoms with van der Waals surface area (Å²) in [5, 5.41) is 9.30. The second-order valence-electron chi connectivity index (χ2n) is 12.0. The van der Waals surface area contributed by atoms with E-state index < -0.39 is 59.1 Å². The maximum absolute atomic E-state index is 13.2. The van der Waals surface area contributed by atoms with Crippen LogP contribution < -0.4 is 21.3 Å². The van der Waals surface area contributed by atoms with Crippen LogP contribution in [0.2, 0.25) is 0 Å². The number of amides is 8. The van der Waals surface area contributed by atoms with E-state index >= 15 is 0 Å². The molecule has 2 unspecified atom stereocenters. The first-order valence-corrected chi connectivity index (χ1v) is 16.5. The summed E-state index contributed by atoms with van der Waals surface area (Å²) >= 11 is 1.33. The summed E-state index contributed by atoms with van der Waals surface area (Å²) in [6.07, 6.45) is 0. The zero-order valence-electron chi connectivity index (χ0n) is 26.9. The van der Waals surface area contributed by atoms with Crippen molar-refractivity contribution < 1.29 is 38.4 Å². The van der Waals surface area contributed by atoms with Gasteiger partial charge in [0.1, 0.15) is 0 Å². The van der Waals surface area contributed by atoms with E-state index in [1.165, 1.54) is 39.5 Å². The van der Waals surface area contributed by atoms with E-state index in [0.29, 0.717) is 22.3 Å². The molecule has 6 rings (SSSR count). The van der Waals surface area contributed by atoms with Gasteiger partial charge in [0, 0.05) is 56.8 Å². The molecule has 4 N–H and O–H groups in total. The van der Waals surface area contributed by atoms with Gasteiger partial charge >= 0.3 is 0 Å². The lowest BCUT2D eigenvalue weighted by molar-refractivity contribution is -0.125. The fourth-order valence-corrected chi connectivity index (χ4v) is 8.01. The van der Waals surface area contributed by atoms with Crippen molar-refractivity contribution in [3.05, 3.63) is 104 Å². The Kier molecular flexibility index (Phi) is 8.63. The smallest absolute Gasteiger partial charge is 0.259 e. The van der Waals surface area contributed by atoms with Crippen molar-refractivity contribution in [2.24, 2.45) is 0 Å². The largest absolute Gasteiger partial charge is 0.289 e. The fourth-order valence-electron chi connectivity index (χ4n) is 6.71. The predicted molar refractivity (Wildman–Crippen MR) is 179 cm³/mol. The van der Waals surface area contributed by atoms with Crippen LogP contribution in [0, 0.1) is 0 Å². The van der Waals surface area contributed by atoms with Crippen LogP contribution in [0.25, 0.3) is 11.1 Å². The van der Waals surface area contributed by atoms with Crippen LogP contribution in [0.3, 0.4) is 0 Å². The minimum absolute atomic E-state index is 0.167. The Hall–Kier alpha value is -5.69. The monoisotopic (exact) mass is 678 g/mol. The Balaban J connectivity index is 1.44. The highest BCUT2D eigenvalue weighted by Gasteiger charge is 2.40. The van der Waals surface area contributed by atoms with Gasteiger partial charge in [-0.25, -0.2) is 0 Å². The van der Waals surface area contributed by atoms with Gasteiger partial charge in [-0.15, -0.1) is 0 Å². The van der Waals surface area contributed by atoms with Crippen LogP contribution >= 0.6 is 11.8 Å². The molecule has 4 aliphatic heterocycles. The third-order valence-corrected chi connectivity index (χ3v) is 10.4. The van der Waals surface area contributed by atoms with Crippen LogP contribution in [0.5, 0.6) is 0 Å². The molecule has 2 aromatic rings. The second-order valence-corrected chi connectivity index (χ2v) is 13.1. The van der Waals surface area contributed by atoms with Crippen molar-refractivity contribution >= 4 is 70.2 Å². The molecule has 12 nitrogen and oxygen atoms in total. The summed E-state index contributed by atoms with van der Waals surface area (Å²) in [6, 6.07) is 13.7. The van der Waals surface area contributed by atoms with Gasteiger partial charge in [0.2, 0.25) is 0 Å². The summed E-state index contributed by atoms with van der Waals surface area (Å²) in [4.78, 5) is 102. The van der Waals surface area contributed by atoms with Gasteiger partial charge in [-0.05, 0) is 49.9 Å². The van der Waals surface area contributed by atoms with E-state index in [1.54, 1.807) is 48.5 Å². The zero-order valence-corrected chi connectivity index (χ0v) is 27.7. The molecule has 13 heteroatoms. The van der Waals surface area contributed by atoms with Crippen molar-refractivity contribution in [3.63, 3.8) is 0 Å². The predicted octanol–water partition coefficient (Wildman–Crippen LogP) is 2.09. The SMILES string of the molecule is CC1=C(c2ccccc2C(CSCC(C2=C(C)C(=O)NC2=O)c2ccccc2C2=C(C)C(=O)NC2=O)C2=C(C)C(=O)NC2=O)C(=O)NC1=O. The summed E-state index contributed by atoms with van der Waals surface area (Å²) in [5.41, 5.74) is 3.55. The quantitative estimate of drug-likeness (QED) is 0.273. The molecule has 49 heavy (non-hydrogen) atoms. The van der Waals surface area contributed by atoms with Crippen LogP contribution in [0.4, 0.5) is 0 Å². The first-order valence-electron chi connectivity index (χ1n) is 15.3. The first-order chi connectivity index (χ1) is 23.3. The highest BCUT2D eigenvalue weighted by molar-refractivity contribution is 7.99. The minimum Gasteiger partial charge on any atom is -0.289 e. The van der Waals surface area contributed by atoms with E-state index in [-0.39, 0.29) is 56.1 Å². The molecular formula is C36H30N4O8S. The maximum atomic E-state index is 13.2. The Morgan fingerprint density at radius 1 is 0.449 bits per heavy atom. The molecule has 0 spiro atoms. The van der Waals surface area contributed by atoms with E-state index in [0.717, 1.165) is 0 Å². The van der Waals surface area contributed by atoms with Crippen molar-refractivity contribution in [3.8, 4) is 0 Å². The number of hydrogen-bond acceptors (Lipinski definition) is 9. The number of rotatable bonds is 10. The van der Waals surface area contributed by atoms with Crippen molar-refractivity contribution in [2.75, 3.05) is 11.5 Å². The minimum atomic E-state index is -0.746. The van der Waals surface area contributed by atoms with E-state index in [9.17, 15) is 38.4 Å². The van der Waals surface area contributed by atoms with Gasteiger partial charge < -0.3 is 0 Å². The van der Waals surface area contributed by atoms with Crippen molar-refractivity contribution in [1.29, 1.82) is 0 Å². The van der Waals surface area contributed by atoms with E-state index in [2.05, 4.69) is 21.3 Å². The summed E-state index contributed by atoms with van der Waals surface area (Å²) in [7, 11) is 0. The van der Waals surface area contributed by atoms with Gasteiger partial charge in [-0.3, -0.25) is 59.6 Å². The number of hydrogen-bond donors (Lipinski definition) is 4. The molecular weight excluding hydrogens is 648 g/mol. The molecule has 4 aliphatic rings. The van der Waals surface area contributed by atoms with Gasteiger partial charge in [-0.1, -0.05) is 48.5 Å². The number of carbonyl (C=O) groups is 8. The number of benzene rings is 2. The Morgan fingerprint density at radius 2 is 0.776 bits per heavy atom. The molecule has 0 aromatic heterocycles. The number of imide groups is 4. The molecule has 0 saturated carbocycles. The van der Waals surface area contributed by atoms with Gasteiger partial charge in [0.25, 0.3) is 47.3 Å².